The fourth-order valence-corrected chi connectivity index (χ4v) is 2.67. The van der Waals surface area contributed by atoms with Crippen LogP contribution < -0.4 is 10.1 Å². The Kier molecular flexibility index (Phi) is 5.43. The molecule has 0 unspecified atom stereocenters. The molecule has 0 aliphatic heterocycles. The first-order chi connectivity index (χ1) is 10.9. The fourth-order valence-electron chi connectivity index (χ4n) is 2.67. The van der Waals surface area contributed by atoms with Crippen LogP contribution in [0, 0.1) is 13.8 Å². The molecular weight excluding hydrogens is 286 g/mol. The standard InChI is InChI=1S/C20H25NO2/c1-15-10-11-18(16(2)12-15)23-14-19(22)21-20(3,4)13-17-8-6-5-7-9-17/h5-12H,13-14H2,1-4H3,(H,21,22). The molecule has 0 heterocycles. The van der Waals surface area contributed by atoms with Gasteiger partial charge in [-0.25, -0.2) is 0 Å². The van der Waals surface area contributed by atoms with E-state index in [1.54, 1.807) is 0 Å². The van der Waals surface area contributed by atoms with Gasteiger partial charge >= 0.3 is 0 Å². The minimum absolute atomic E-state index is 0.0299. The number of hydrogen-bond acceptors (Lipinski definition) is 2. The van der Waals surface area contributed by atoms with Gasteiger partial charge in [-0.05, 0) is 51.3 Å². The fraction of sp³-hybridized carbons (Fsp3) is 0.350. The van der Waals surface area contributed by atoms with Gasteiger partial charge in [-0.15, -0.1) is 0 Å². The summed E-state index contributed by atoms with van der Waals surface area (Å²) in [4.78, 5) is 12.2. The van der Waals surface area contributed by atoms with E-state index in [1.807, 2.05) is 64.1 Å². The molecule has 0 saturated carbocycles. The normalized spacial score (nSPS) is 11.1. The summed E-state index contributed by atoms with van der Waals surface area (Å²) in [6.45, 7) is 8.10. The first-order valence-corrected chi connectivity index (χ1v) is 7.91. The number of carbonyl (C=O) groups excluding carboxylic acids is 1. The molecule has 0 spiro atoms. The van der Waals surface area contributed by atoms with Gasteiger partial charge in [0.15, 0.2) is 6.61 Å². The van der Waals surface area contributed by atoms with Crippen LogP contribution in [0.25, 0.3) is 0 Å². The van der Waals surface area contributed by atoms with Crippen LogP contribution in [0.15, 0.2) is 48.5 Å². The number of ether oxygens (including phenoxy) is 1. The highest BCUT2D eigenvalue weighted by Gasteiger charge is 2.21. The summed E-state index contributed by atoms with van der Waals surface area (Å²) in [6.07, 6.45) is 0.781. The lowest BCUT2D eigenvalue weighted by Crippen LogP contribution is -2.47. The molecule has 1 amide bonds. The van der Waals surface area contributed by atoms with Gasteiger partial charge in [0, 0.05) is 5.54 Å². The zero-order valence-electron chi connectivity index (χ0n) is 14.3. The predicted molar refractivity (Wildman–Crippen MR) is 93.8 cm³/mol. The van der Waals surface area contributed by atoms with Gasteiger partial charge < -0.3 is 10.1 Å². The molecule has 0 bridgehead atoms. The lowest BCUT2D eigenvalue weighted by atomic mass is 9.95. The molecule has 0 aliphatic carbocycles. The Balaban J connectivity index is 1.88. The van der Waals surface area contributed by atoms with E-state index in [4.69, 9.17) is 4.74 Å². The quantitative estimate of drug-likeness (QED) is 0.880. The number of nitrogens with one attached hydrogen (secondary N) is 1. The van der Waals surface area contributed by atoms with E-state index in [0.717, 1.165) is 17.7 Å². The highest BCUT2D eigenvalue weighted by Crippen LogP contribution is 2.18. The van der Waals surface area contributed by atoms with Crippen LogP contribution in [-0.2, 0) is 11.2 Å². The van der Waals surface area contributed by atoms with Gasteiger partial charge in [0.25, 0.3) is 5.91 Å². The number of hydrogen-bond donors (Lipinski definition) is 1. The van der Waals surface area contributed by atoms with E-state index < -0.39 is 0 Å². The lowest BCUT2D eigenvalue weighted by molar-refractivity contribution is -0.124. The molecule has 2 aromatic rings. The monoisotopic (exact) mass is 311 g/mol. The number of amides is 1. The summed E-state index contributed by atoms with van der Waals surface area (Å²) in [5.74, 6) is 0.650. The molecule has 122 valence electrons. The highest BCUT2D eigenvalue weighted by atomic mass is 16.5. The van der Waals surface area contributed by atoms with Crippen molar-refractivity contribution in [1.82, 2.24) is 5.32 Å². The molecule has 0 aliphatic rings. The minimum atomic E-state index is -0.315. The maximum Gasteiger partial charge on any atom is 0.258 e. The summed E-state index contributed by atoms with van der Waals surface area (Å²) < 4.78 is 5.64. The highest BCUT2D eigenvalue weighted by molar-refractivity contribution is 5.78. The molecule has 2 rings (SSSR count). The predicted octanol–water partition coefficient (Wildman–Crippen LogP) is 3.82. The van der Waals surface area contributed by atoms with Crippen molar-refractivity contribution in [3.8, 4) is 5.75 Å². The van der Waals surface area contributed by atoms with E-state index in [9.17, 15) is 4.79 Å². The first kappa shape index (κ1) is 17.1. The van der Waals surface area contributed by atoms with Crippen LogP contribution in [0.3, 0.4) is 0 Å². The Labute approximate surface area is 138 Å². The Hall–Kier alpha value is -2.29. The Morgan fingerprint density at radius 1 is 1.09 bits per heavy atom. The molecule has 0 radical (unpaired) electrons. The van der Waals surface area contributed by atoms with E-state index in [2.05, 4.69) is 17.4 Å². The van der Waals surface area contributed by atoms with E-state index in [0.29, 0.717) is 0 Å². The van der Waals surface area contributed by atoms with E-state index in [1.165, 1.54) is 11.1 Å². The van der Waals surface area contributed by atoms with Crippen molar-refractivity contribution in [2.75, 3.05) is 6.61 Å². The Morgan fingerprint density at radius 3 is 2.43 bits per heavy atom. The minimum Gasteiger partial charge on any atom is -0.484 e. The van der Waals surface area contributed by atoms with Crippen LogP contribution in [0.1, 0.15) is 30.5 Å². The summed E-state index contributed by atoms with van der Waals surface area (Å²) in [5, 5.41) is 3.04. The molecule has 1 N–H and O–H groups in total. The van der Waals surface area contributed by atoms with Crippen molar-refractivity contribution >= 4 is 5.91 Å². The zero-order valence-corrected chi connectivity index (χ0v) is 14.3. The second-order valence-electron chi connectivity index (χ2n) is 6.65. The number of carbonyl (C=O) groups is 1. The lowest BCUT2D eigenvalue weighted by Gasteiger charge is -2.26. The molecule has 0 aromatic heterocycles. The Morgan fingerprint density at radius 2 is 1.78 bits per heavy atom. The Bertz CT molecular complexity index is 663. The van der Waals surface area contributed by atoms with Crippen LogP contribution >= 0.6 is 0 Å². The van der Waals surface area contributed by atoms with E-state index in [-0.39, 0.29) is 18.1 Å². The molecule has 0 saturated heterocycles. The summed E-state index contributed by atoms with van der Waals surface area (Å²) in [7, 11) is 0. The van der Waals surface area contributed by atoms with Gasteiger partial charge in [0.05, 0.1) is 0 Å². The maximum atomic E-state index is 12.2. The first-order valence-electron chi connectivity index (χ1n) is 7.91. The van der Waals surface area contributed by atoms with Crippen molar-refractivity contribution in [1.29, 1.82) is 0 Å². The third-order valence-corrected chi connectivity index (χ3v) is 3.66. The average Bonchev–Trinajstić information content (AvgIpc) is 2.46. The summed E-state index contributed by atoms with van der Waals surface area (Å²) >= 11 is 0. The summed E-state index contributed by atoms with van der Waals surface area (Å²) in [5.41, 5.74) is 3.11. The van der Waals surface area contributed by atoms with Crippen molar-refractivity contribution in [3.05, 3.63) is 65.2 Å². The van der Waals surface area contributed by atoms with E-state index >= 15 is 0 Å². The van der Waals surface area contributed by atoms with Crippen LogP contribution in [0.4, 0.5) is 0 Å². The SMILES string of the molecule is Cc1ccc(OCC(=O)NC(C)(C)Cc2ccccc2)c(C)c1. The molecule has 23 heavy (non-hydrogen) atoms. The molecule has 3 heteroatoms. The van der Waals surface area contributed by atoms with Crippen molar-refractivity contribution in [2.24, 2.45) is 0 Å². The second-order valence-corrected chi connectivity index (χ2v) is 6.65. The molecular formula is C20H25NO2. The number of aryl methyl sites for hydroxylation is 2. The van der Waals surface area contributed by atoms with Gasteiger partial charge in [-0.1, -0.05) is 48.0 Å². The summed E-state index contributed by atoms with van der Waals surface area (Å²) in [6, 6.07) is 16.1. The van der Waals surface area contributed by atoms with Gasteiger partial charge in [-0.3, -0.25) is 4.79 Å². The van der Waals surface area contributed by atoms with Crippen molar-refractivity contribution < 1.29 is 9.53 Å². The number of rotatable bonds is 6. The molecule has 0 fully saturated rings. The van der Waals surface area contributed by atoms with Gasteiger partial charge in [-0.2, -0.15) is 0 Å². The van der Waals surface area contributed by atoms with Gasteiger partial charge in [0.1, 0.15) is 5.75 Å². The third-order valence-electron chi connectivity index (χ3n) is 3.66. The van der Waals surface area contributed by atoms with Crippen LogP contribution in [-0.4, -0.2) is 18.1 Å². The largest absolute Gasteiger partial charge is 0.484 e. The second kappa shape index (κ2) is 7.32. The van der Waals surface area contributed by atoms with Crippen LogP contribution in [0.5, 0.6) is 5.75 Å². The van der Waals surface area contributed by atoms with Crippen molar-refractivity contribution in [2.45, 2.75) is 39.7 Å². The smallest absolute Gasteiger partial charge is 0.258 e. The zero-order chi connectivity index (χ0) is 16.9. The van der Waals surface area contributed by atoms with Crippen molar-refractivity contribution in [3.63, 3.8) is 0 Å². The maximum absolute atomic E-state index is 12.2. The molecule has 2 aromatic carbocycles. The molecule has 0 atom stereocenters. The van der Waals surface area contributed by atoms with Crippen LogP contribution in [0.2, 0.25) is 0 Å². The topological polar surface area (TPSA) is 38.3 Å². The third kappa shape index (κ3) is 5.44. The number of benzene rings is 2. The molecule has 3 nitrogen and oxygen atoms in total. The average molecular weight is 311 g/mol. The van der Waals surface area contributed by atoms with Gasteiger partial charge in [0.2, 0.25) is 0 Å².